The summed E-state index contributed by atoms with van der Waals surface area (Å²) in [6.07, 6.45) is 4.96. The van der Waals surface area contributed by atoms with Crippen LogP contribution in [-0.4, -0.2) is 26.7 Å². The molecule has 1 saturated carbocycles. The van der Waals surface area contributed by atoms with Crippen molar-refractivity contribution in [1.82, 2.24) is 4.72 Å². The maximum Gasteiger partial charge on any atom is 0.240 e. The Balaban J connectivity index is 2.11. The van der Waals surface area contributed by atoms with Crippen molar-refractivity contribution in [1.29, 1.82) is 0 Å². The largest absolute Gasteiger partial charge is 0.396 e. The van der Waals surface area contributed by atoms with Gasteiger partial charge in [-0.25, -0.2) is 13.1 Å². The van der Waals surface area contributed by atoms with Crippen molar-refractivity contribution in [2.45, 2.75) is 43.9 Å². The highest BCUT2D eigenvalue weighted by molar-refractivity contribution is 7.89. The zero-order chi connectivity index (χ0) is 15.5. The minimum atomic E-state index is -3.59. The third-order valence-corrected chi connectivity index (χ3v) is 6.15. The number of hydrogen-bond donors (Lipinski definition) is 2. The summed E-state index contributed by atoms with van der Waals surface area (Å²) in [7, 11) is -3.59. The van der Waals surface area contributed by atoms with Gasteiger partial charge in [0.15, 0.2) is 0 Å². The molecule has 2 rings (SSSR count). The molecule has 1 fully saturated rings. The first kappa shape index (κ1) is 16.7. The third-order valence-electron chi connectivity index (χ3n) is 4.34. The predicted octanol–water partition coefficient (Wildman–Crippen LogP) is 2.87. The Kier molecular flexibility index (Phi) is 5.30. The molecule has 0 amide bonds. The van der Waals surface area contributed by atoms with Crippen LogP contribution in [0.25, 0.3) is 0 Å². The van der Waals surface area contributed by atoms with E-state index < -0.39 is 10.0 Å². The van der Waals surface area contributed by atoms with E-state index in [4.69, 9.17) is 11.6 Å². The summed E-state index contributed by atoms with van der Waals surface area (Å²) < 4.78 is 27.3. The molecule has 118 valence electrons. The van der Waals surface area contributed by atoms with Crippen molar-refractivity contribution in [2.24, 2.45) is 5.41 Å². The Hall–Kier alpha value is -0.620. The molecular weight excluding hydrogens is 310 g/mol. The summed E-state index contributed by atoms with van der Waals surface area (Å²) in [5.41, 5.74) is 0.523. The number of benzene rings is 1. The second-order valence-corrected chi connectivity index (χ2v) is 8.13. The Morgan fingerprint density at radius 2 is 1.95 bits per heavy atom. The summed E-state index contributed by atoms with van der Waals surface area (Å²) in [6, 6.07) is 4.71. The molecule has 0 aromatic heterocycles. The Morgan fingerprint density at radius 3 is 2.52 bits per heavy atom. The van der Waals surface area contributed by atoms with E-state index in [2.05, 4.69) is 4.72 Å². The van der Waals surface area contributed by atoms with Gasteiger partial charge in [0.2, 0.25) is 10.0 Å². The van der Waals surface area contributed by atoms with Crippen molar-refractivity contribution in [3.05, 3.63) is 28.8 Å². The Bertz CT molecular complexity index is 595. The fourth-order valence-corrected chi connectivity index (χ4v) is 4.19. The molecule has 1 aliphatic carbocycles. The number of aliphatic hydroxyl groups is 1. The van der Waals surface area contributed by atoms with Crippen LogP contribution in [0.15, 0.2) is 23.1 Å². The van der Waals surface area contributed by atoms with Gasteiger partial charge in [-0.2, -0.15) is 0 Å². The zero-order valence-corrected chi connectivity index (χ0v) is 13.8. The fourth-order valence-electron chi connectivity index (χ4n) is 2.76. The maximum atomic E-state index is 12.3. The minimum Gasteiger partial charge on any atom is -0.396 e. The van der Waals surface area contributed by atoms with Gasteiger partial charge in [-0.05, 0) is 37.5 Å². The van der Waals surface area contributed by atoms with Gasteiger partial charge < -0.3 is 5.11 Å². The van der Waals surface area contributed by atoms with E-state index >= 15 is 0 Å². The van der Waals surface area contributed by atoms with Gasteiger partial charge in [-0.15, -0.1) is 0 Å². The van der Waals surface area contributed by atoms with E-state index in [0.29, 0.717) is 5.02 Å². The third kappa shape index (κ3) is 3.97. The van der Waals surface area contributed by atoms with Crippen molar-refractivity contribution in [2.75, 3.05) is 13.2 Å². The SMILES string of the molecule is Cc1ccc(S(=O)(=O)NCC2(CO)CCCCC2)cc1Cl. The fraction of sp³-hybridized carbons (Fsp3) is 0.600. The lowest BCUT2D eigenvalue weighted by Crippen LogP contribution is -2.41. The van der Waals surface area contributed by atoms with Crippen LogP contribution in [0.5, 0.6) is 0 Å². The molecule has 0 bridgehead atoms. The summed E-state index contributed by atoms with van der Waals surface area (Å²) in [4.78, 5) is 0.169. The van der Waals surface area contributed by atoms with Crippen molar-refractivity contribution in [3.63, 3.8) is 0 Å². The molecule has 0 atom stereocenters. The molecule has 0 unspecified atom stereocenters. The number of rotatable bonds is 5. The van der Waals surface area contributed by atoms with Crippen LogP contribution in [0.3, 0.4) is 0 Å². The van der Waals surface area contributed by atoms with Crippen molar-refractivity contribution in [3.8, 4) is 0 Å². The lowest BCUT2D eigenvalue weighted by Gasteiger charge is -2.35. The molecule has 0 aliphatic heterocycles. The molecule has 1 aromatic rings. The first-order valence-corrected chi connectivity index (χ1v) is 9.11. The van der Waals surface area contributed by atoms with Crippen molar-refractivity contribution < 1.29 is 13.5 Å². The molecule has 21 heavy (non-hydrogen) atoms. The molecule has 1 aromatic carbocycles. The van der Waals surface area contributed by atoms with E-state index in [0.717, 1.165) is 37.7 Å². The standard InChI is InChI=1S/C15H22ClNO3S/c1-12-5-6-13(9-14(12)16)21(19,20)17-10-15(11-18)7-3-2-4-8-15/h5-6,9,17-18H,2-4,7-8,10-11H2,1H3. The second-order valence-electron chi connectivity index (χ2n) is 5.95. The number of aliphatic hydroxyl groups excluding tert-OH is 1. The highest BCUT2D eigenvalue weighted by Gasteiger charge is 2.32. The molecule has 4 nitrogen and oxygen atoms in total. The summed E-state index contributed by atoms with van der Waals surface area (Å²) in [5, 5.41) is 10.1. The van der Waals surface area contributed by atoms with Crippen LogP contribution < -0.4 is 4.72 Å². The van der Waals surface area contributed by atoms with Gasteiger partial charge in [0.1, 0.15) is 0 Å². The topological polar surface area (TPSA) is 66.4 Å². The average Bonchev–Trinajstić information content (AvgIpc) is 2.49. The lowest BCUT2D eigenvalue weighted by atomic mass is 9.75. The number of hydrogen-bond acceptors (Lipinski definition) is 3. The van der Waals surface area contributed by atoms with Crippen molar-refractivity contribution >= 4 is 21.6 Å². The van der Waals surface area contributed by atoms with E-state index in [1.807, 2.05) is 6.92 Å². The number of nitrogens with one attached hydrogen (secondary N) is 1. The van der Waals surface area contributed by atoms with Crippen LogP contribution >= 0.6 is 11.6 Å². The minimum absolute atomic E-state index is 0.0180. The van der Waals surface area contributed by atoms with Crippen LogP contribution in [0, 0.1) is 12.3 Å². The molecule has 0 saturated heterocycles. The second kappa shape index (κ2) is 6.65. The molecule has 2 N–H and O–H groups in total. The van der Waals surface area contributed by atoms with Gasteiger partial charge >= 0.3 is 0 Å². The number of sulfonamides is 1. The summed E-state index contributed by atoms with van der Waals surface area (Å²) in [6.45, 7) is 2.12. The molecule has 0 radical (unpaired) electrons. The Morgan fingerprint density at radius 1 is 1.29 bits per heavy atom. The number of aryl methyl sites for hydroxylation is 1. The van der Waals surface area contributed by atoms with E-state index in [1.54, 1.807) is 12.1 Å². The van der Waals surface area contributed by atoms with Crippen LogP contribution in [-0.2, 0) is 10.0 Å². The monoisotopic (exact) mass is 331 g/mol. The summed E-state index contributed by atoms with van der Waals surface area (Å²) >= 11 is 5.99. The smallest absolute Gasteiger partial charge is 0.240 e. The van der Waals surface area contributed by atoms with Gasteiger partial charge in [0.05, 0.1) is 4.90 Å². The summed E-state index contributed by atoms with van der Waals surface area (Å²) in [5.74, 6) is 0. The Labute approximate surface area is 131 Å². The highest BCUT2D eigenvalue weighted by atomic mass is 35.5. The average molecular weight is 332 g/mol. The van der Waals surface area contributed by atoms with E-state index in [9.17, 15) is 13.5 Å². The van der Waals surface area contributed by atoms with Gasteiger partial charge in [0, 0.05) is 23.6 Å². The highest BCUT2D eigenvalue weighted by Crippen LogP contribution is 2.35. The van der Waals surface area contributed by atoms with Gasteiger partial charge in [-0.1, -0.05) is 36.9 Å². The molecule has 6 heteroatoms. The lowest BCUT2D eigenvalue weighted by molar-refractivity contribution is 0.0867. The first-order valence-electron chi connectivity index (χ1n) is 7.25. The normalized spacial score (nSPS) is 18.6. The van der Waals surface area contributed by atoms with Gasteiger partial charge in [0.25, 0.3) is 0 Å². The van der Waals surface area contributed by atoms with E-state index in [1.165, 1.54) is 6.07 Å². The maximum absolute atomic E-state index is 12.3. The first-order chi connectivity index (χ1) is 9.88. The van der Waals surface area contributed by atoms with Gasteiger partial charge in [-0.3, -0.25) is 0 Å². The van der Waals surface area contributed by atoms with Crippen LogP contribution in [0.1, 0.15) is 37.7 Å². The molecule has 1 aliphatic rings. The van der Waals surface area contributed by atoms with Crippen LogP contribution in [0.4, 0.5) is 0 Å². The van der Waals surface area contributed by atoms with Crippen LogP contribution in [0.2, 0.25) is 5.02 Å². The predicted molar refractivity (Wildman–Crippen MR) is 84.0 cm³/mol. The van der Waals surface area contributed by atoms with E-state index in [-0.39, 0.29) is 23.5 Å². The molecule has 0 heterocycles. The number of halogens is 1. The molecular formula is C15H22ClNO3S. The quantitative estimate of drug-likeness (QED) is 0.871. The zero-order valence-electron chi connectivity index (χ0n) is 12.2. The molecule has 0 spiro atoms.